The number of hydrogen-bond donors (Lipinski definition) is 2. The maximum atomic E-state index is 10.9. The number of amides is 1. The van der Waals surface area contributed by atoms with Crippen LogP contribution in [0.4, 0.5) is 0 Å². The number of carbonyl (C=O) groups excluding carboxylic acids is 1. The number of para-hydroxylation sites is 1. The Morgan fingerprint density at radius 3 is 2.81 bits per heavy atom. The smallest absolute Gasteiger partial charge is 0.255 e. The van der Waals surface area contributed by atoms with Gasteiger partial charge in [-0.3, -0.25) is 4.79 Å². The third kappa shape index (κ3) is 4.25. The molecule has 0 unspecified atom stereocenters. The molecule has 2 aromatic rings. The largest absolute Gasteiger partial charge is 0.493 e. The van der Waals surface area contributed by atoms with Crippen LogP contribution in [0.1, 0.15) is 11.3 Å². The molecule has 0 fully saturated rings. The lowest BCUT2D eigenvalue weighted by molar-refractivity contribution is -0.688. The fourth-order valence-corrected chi connectivity index (χ4v) is 1.99. The number of methoxy groups -OCH3 is 1. The van der Waals surface area contributed by atoms with E-state index >= 15 is 0 Å². The van der Waals surface area contributed by atoms with E-state index in [1.165, 1.54) is 0 Å². The van der Waals surface area contributed by atoms with Crippen molar-refractivity contribution < 1.29 is 24.0 Å². The molecule has 6 nitrogen and oxygen atoms in total. The highest BCUT2D eigenvalue weighted by atomic mass is 16.5. The number of hydrogen-bond acceptors (Lipinski definition) is 4. The molecule has 0 spiro atoms. The summed E-state index contributed by atoms with van der Waals surface area (Å²) in [6.07, 6.45) is 1.65. The SMILES string of the molecule is COc1cccc(C[NH2+]Cc2ccco2)c1OCC(N)=O. The lowest BCUT2D eigenvalue weighted by Crippen LogP contribution is -2.80. The van der Waals surface area contributed by atoms with Crippen LogP contribution in [0.2, 0.25) is 0 Å². The Morgan fingerprint density at radius 1 is 1.29 bits per heavy atom. The fourth-order valence-electron chi connectivity index (χ4n) is 1.99. The lowest BCUT2D eigenvalue weighted by Gasteiger charge is -2.13. The van der Waals surface area contributed by atoms with Gasteiger partial charge in [-0.2, -0.15) is 0 Å². The van der Waals surface area contributed by atoms with E-state index in [4.69, 9.17) is 19.6 Å². The quantitative estimate of drug-likeness (QED) is 0.737. The van der Waals surface area contributed by atoms with E-state index in [2.05, 4.69) is 5.32 Å². The van der Waals surface area contributed by atoms with Crippen molar-refractivity contribution >= 4 is 5.91 Å². The molecule has 112 valence electrons. The Hall–Kier alpha value is -2.47. The van der Waals surface area contributed by atoms with Crippen LogP contribution in [0.15, 0.2) is 41.0 Å². The Kier molecular flexibility index (Phi) is 5.22. The average molecular weight is 291 g/mol. The molecule has 0 aliphatic rings. The molecule has 0 bridgehead atoms. The van der Waals surface area contributed by atoms with E-state index in [-0.39, 0.29) is 6.61 Å². The number of quaternary nitrogens is 1. The van der Waals surface area contributed by atoms with Gasteiger partial charge >= 0.3 is 0 Å². The van der Waals surface area contributed by atoms with Crippen molar-refractivity contribution in [3.05, 3.63) is 47.9 Å². The van der Waals surface area contributed by atoms with Crippen LogP contribution in [-0.2, 0) is 17.9 Å². The summed E-state index contributed by atoms with van der Waals surface area (Å²) in [5.74, 6) is 1.51. The summed E-state index contributed by atoms with van der Waals surface area (Å²) in [7, 11) is 1.56. The first kappa shape index (κ1) is 14.9. The van der Waals surface area contributed by atoms with Gasteiger partial charge in [-0.05, 0) is 24.3 Å². The third-order valence-electron chi connectivity index (χ3n) is 2.93. The highest BCUT2D eigenvalue weighted by Gasteiger charge is 2.13. The molecule has 2 rings (SSSR count). The summed E-state index contributed by atoms with van der Waals surface area (Å²) < 4.78 is 16.0. The van der Waals surface area contributed by atoms with Crippen LogP contribution in [0.25, 0.3) is 0 Å². The summed E-state index contributed by atoms with van der Waals surface area (Å²) in [5, 5.41) is 2.07. The molecule has 1 amide bonds. The van der Waals surface area contributed by atoms with Crippen molar-refractivity contribution in [1.29, 1.82) is 0 Å². The van der Waals surface area contributed by atoms with Crippen LogP contribution in [0.5, 0.6) is 11.5 Å². The number of nitrogens with two attached hydrogens (primary N) is 2. The monoisotopic (exact) mass is 291 g/mol. The molecular weight excluding hydrogens is 272 g/mol. The van der Waals surface area contributed by atoms with Crippen LogP contribution in [0, 0.1) is 0 Å². The minimum atomic E-state index is -0.522. The number of carbonyl (C=O) groups is 1. The minimum absolute atomic E-state index is 0.175. The zero-order valence-electron chi connectivity index (χ0n) is 11.9. The predicted molar refractivity (Wildman–Crippen MR) is 75.7 cm³/mol. The first-order chi connectivity index (χ1) is 10.2. The van der Waals surface area contributed by atoms with E-state index < -0.39 is 5.91 Å². The first-order valence-corrected chi connectivity index (χ1v) is 6.61. The van der Waals surface area contributed by atoms with Gasteiger partial charge in [0.05, 0.1) is 18.9 Å². The molecule has 0 saturated carbocycles. The summed E-state index contributed by atoms with van der Waals surface area (Å²) >= 11 is 0. The maximum Gasteiger partial charge on any atom is 0.255 e. The zero-order chi connectivity index (χ0) is 15.1. The molecule has 0 atom stereocenters. The summed E-state index contributed by atoms with van der Waals surface area (Å²) in [4.78, 5) is 10.9. The number of benzene rings is 1. The molecule has 0 aliphatic carbocycles. The van der Waals surface area contributed by atoms with Gasteiger partial charge in [-0.1, -0.05) is 6.07 Å². The Morgan fingerprint density at radius 2 is 2.14 bits per heavy atom. The lowest BCUT2D eigenvalue weighted by atomic mass is 10.2. The molecule has 0 aliphatic heterocycles. The van der Waals surface area contributed by atoms with E-state index in [0.717, 1.165) is 17.9 Å². The van der Waals surface area contributed by atoms with Gasteiger partial charge in [0.15, 0.2) is 23.9 Å². The molecule has 0 radical (unpaired) electrons. The van der Waals surface area contributed by atoms with Gasteiger partial charge in [0.1, 0.15) is 13.1 Å². The van der Waals surface area contributed by atoms with Crippen LogP contribution in [-0.4, -0.2) is 19.6 Å². The van der Waals surface area contributed by atoms with E-state index in [0.29, 0.717) is 18.0 Å². The second-order valence-electron chi connectivity index (χ2n) is 4.48. The van der Waals surface area contributed by atoms with Crippen molar-refractivity contribution in [1.82, 2.24) is 0 Å². The number of ether oxygens (including phenoxy) is 2. The number of rotatable bonds is 8. The topological polar surface area (TPSA) is 91.3 Å². The minimum Gasteiger partial charge on any atom is -0.493 e. The number of primary amides is 1. The molecule has 0 saturated heterocycles. The second kappa shape index (κ2) is 7.35. The average Bonchev–Trinajstić information content (AvgIpc) is 2.98. The van der Waals surface area contributed by atoms with Gasteiger partial charge < -0.3 is 24.9 Å². The molecule has 1 heterocycles. The standard InChI is InChI=1S/C15H18N2O4/c1-19-13-6-2-4-11(15(13)21-10-14(16)18)8-17-9-12-5-3-7-20-12/h2-7,17H,8-10H2,1H3,(H2,16,18)/p+1. The van der Waals surface area contributed by atoms with Crippen LogP contribution < -0.4 is 20.5 Å². The Balaban J connectivity index is 2.04. The van der Waals surface area contributed by atoms with Crippen molar-refractivity contribution in [2.24, 2.45) is 5.73 Å². The van der Waals surface area contributed by atoms with E-state index in [1.54, 1.807) is 19.4 Å². The summed E-state index contributed by atoms with van der Waals surface area (Å²) in [6, 6.07) is 9.37. The first-order valence-electron chi connectivity index (χ1n) is 6.61. The van der Waals surface area contributed by atoms with Gasteiger partial charge in [0.2, 0.25) is 0 Å². The molecule has 1 aromatic carbocycles. The van der Waals surface area contributed by atoms with Gasteiger partial charge in [0, 0.05) is 0 Å². The molecular formula is C15H19N2O4+. The third-order valence-corrected chi connectivity index (χ3v) is 2.93. The zero-order valence-corrected chi connectivity index (χ0v) is 11.9. The molecule has 1 aromatic heterocycles. The normalized spacial score (nSPS) is 10.3. The fraction of sp³-hybridized carbons (Fsp3) is 0.267. The van der Waals surface area contributed by atoms with Gasteiger partial charge in [-0.25, -0.2) is 0 Å². The van der Waals surface area contributed by atoms with Crippen molar-refractivity contribution in [2.45, 2.75) is 13.1 Å². The van der Waals surface area contributed by atoms with Crippen molar-refractivity contribution in [2.75, 3.05) is 13.7 Å². The summed E-state index contributed by atoms with van der Waals surface area (Å²) in [5.41, 5.74) is 6.05. The number of furan rings is 1. The van der Waals surface area contributed by atoms with Crippen molar-refractivity contribution in [3.8, 4) is 11.5 Å². The molecule has 6 heteroatoms. The highest BCUT2D eigenvalue weighted by molar-refractivity contribution is 5.75. The van der Waals surface area contributed by atoms with Crippen LogP contribution in [0.3, 0.4) is 0 Å². The second-order valence-corrected chi connectivity index (χ2v) is 4.48. The highest BCUT2D eigenvalue weighted by Crippen LogP contribution is 2.30. The Bertz CT molecular complexity index is 581. The maximum absolute atomic E-state index is 10.9. The predicted octanol–water partition coefficient (Wildman–Crippen LogP) is 0.416. The molecule has 4 N–H and O–H groups in total. The molecule has 21 heavy (non-hydrogen) atoms. The Labute approximate surface area is 122 Å². The summed E-state index contributed by atoms with van der Waals surface area (Å²) in [6.45, 7) is 1.22. The van der Waals surface area contributed by atoms with Gasteiger partial charge in [-0.15, -0.1) is 0 Å². The van der Waals surface area contributed by atoms with Gasteiger partial charge in [0.25, 0.3) is 5.91 Å². The van der Waals surface area contributed by atoms with E-state index in [9.17, 15) is 4.79 Å². The van der Waals surface area contributed by atoms with Crippen molar-refractivity contribution in [3.63, 3.8) is 0 Å². The van der Waals surface area contributed by atoms with E-state index in [1.807, 2.05) is 24.3 Å². The van der Waals surface area contributed by atoms with Crippen LogP contribution >= 0.6 is 0 Å².